The average Bonchev–Trinajstić information content (AvgIpc) is 2.74. The van der Waals surface area contributed by atoms with E-state index >= 15 is 0 Å². The lowest BCUT2D eigenvalue weighted by Gasteiger charge is -2.30. The van der Waals surface area contributed by atoms with Crippen LogP contribution in [0.5, 0.6) is 5.75 Å². The van der Waals surface area contributed by atoms with Crippen LogP contribution in [-0.2, 0) is 25.5 Å². The highest BCUT2D eigenvalue weighted by Gasteiger charge is 2.25. The van der Waals surface area contributed by atoms with E-state index in [1.807, 2.05) is 18.2 Å². The maximum Gasteiger partial charge on any atom is 0.306 e. The topological polar surface area (TPSA) is 84.9 Å². The number of hydrogen-bond donors (Lipinski definition) is 1. The van der Waals surface area contributed by atoms with Gasteiger partial charge in [-0.2, -0.15) is 0 Å². The Morgan fingerprint density at radius 1 is 1.14 bits per heavy atom. The quantitative estimate of drug-likeness (QED) is 0.694. The largest absolute Gasteiger partial charge is 0.482 e. The van der Waals surface area contributed by atoms with Crippen LogP contribution in [0, 0.1) is 0 Å². The smallest absolute Gasteiger partial charge is 0.306 e. The monoisotopic (exact) mass is 396 g/mol. The minimum absolute atomic E-state index is 0.00315. The van der Waals surface area contributed by atoms with Gasteiger partial charge in [0.2, 0.25) is 5.91 Å². The first kappa shape index (κ1) is 20.4. The van der Waals surface area contributed by atoms with E-state index in [1.165, 1.54) is 12.7 Å². The minimum Gasteiger partial charge on any atom is -0.482 e. The Labute approximate surface area is 169 Å². The Balaban J connectivity index is 1.65. The Morgan fingerprint density at radius 3 is 2.69 bits per heavy atom. The number of ether oxygens (including phenoxy) is 2. The van der Waals surface area contributed by atoms with Crippen LogP contribution in [-0.4, -0.2) is 38.0 Å². The fraction of sp³-hybridized carbons (Fsp3) is 0.318. The first-order valence-corrected chi connectivity index (χ1v) is 9.54. The third kappa shape index (κ3) is 5.57. The molecule has 7 heteroatoms. The van der Waals surface area contributed by atoms with Gasteiger partial charge in [-0.15, -0.1) is 0 Å². The van der Waals surface area contributed by atoms with Gasteiger partial charge in [0.1, 0.15) is 5.75 Å². The van der Waals surface area contributed by atoms with Crippen LogP contribution < -0.4 is 15.0 Å². The molecule has 0 aromatic heterocycles. The van der Waals surface area contributed by atoms with Gasteiger partial charge in [-0.25, -0.2) is 0 Å². The molecule has 0 atom stereocenters. The van der Waals surface area contributed by atoms with Gasteiger partial charge < -0.3 is 19.7 Å². The van der Waals surface area contributed by atoms with Crippen molar-refractivity contribution in [1.29, 1.82) is 0 Å². The zero-order valence-corrected chi connectivity index (χ0v) is 16.3. The summed E-state index contributed by atoms with van der Waals surface area (Å²) in [6, 6.07) is 15.3. The van der Waals surface area contributed by atoms with Crippen molar-refractivity contribution in [1.82, 2.24) is 0 Å². The van der Waals surface area contributed by atoms with Crippen molar-refractivity contribution in [3.05, 3.63) is 54.1 Å². The fourth-order valence-corrected chi connectivity index (χ4v) is 3.15. The summed E-state index contributed by atoms with van der Waals surface area (Å²) in [5.41, 5.74) is 2.41. The molecule has 0 radical (unpaired) electrons. The molecule has 1 heterocycles. The van der Waals surface area contributed by atoms with Crippen molar-refractivity contribution in [3.63, 3.8) is 0 Å². The van der Waals surface area contributed by atoms with E-state index < -0.39 is 5.97 Å². The number of hydrogen-bond acceptors (Lipinski definition) is 5. The van der Waals surface area contributed by atoms with Gasteiger partial charge in [0, 0.05) is 18.7 Å². The maximum absolute atomic E-state index is 12.4. The zero-order valence-electron chi connectivity index (χ0n) is 16.3. The van der Waals surface area contributed by atoms with E-state index in [2.05, 4.69) is 22.2 Å². The number of nitrogens with one attached hydrogen (secondary N) is 1. The SMILES string of the molecule is COC(=O)CCC(=O)Nc1ccc2c(c1)N(CCCc1ccccc1)C(=O)CO2. The predicted molar refractivity (Wildman–Crippen MR) is 109 cm³/mol. The third-order valence-corrected chi connectivity index (χ3v) is 4.66. The second kappa shape index (κ2) is 9.73. The third-order valence-electron chi connectivity index (χ3n) is 4.66. The van der Waals surface area contributed by atoms with Crippen molar-refractivity contribution in [3.8, 4) is 5.75 Å². The number of amides is 2. The van der Waals surface area contributed by atoms with Crippen molar-refractivity contribution in [2.24, 2.45) is 0 Å². The summed E-state index contributed by atoms with van der Waals surface area (Å²) in [5, 5.41) is 2.75. The van der Waals surface area contributed by atoms with Gasteiger partial charge in [0.25, 0.3) is 5.91 Å². The lowest BCUT2D eigenvalue weighted by molar-refractivity contribution is -0.141. The van der Waals surface area contributed by atoms with Crippen molar-refractivity contribution < 1.29 is 23.9 Å². The van der Waals surface area contributed by atoms with E-state index in [1.54, 1.807) is 23.1 Å². The second-order valence-corrected chi connectivity index (χ2v) is 6.73. The molecule has 2 amide bonds. The van der Waals surface area contributed by atoms with Crippen LogP contribution in [0.1, 0.15) is 24.8 Å². The van der Waals surface area contributed by atoms with Gasteiger partial charge in [0.05, 0.1) is 19.2 Å². The summed E-state index contributed by atoms with van der Waals surface area (Å²) < 4.78 is 10.1. The molecule has 0 saturated carbocycles. The number of benzene rings is 2. The summed E-state index contributed by atoms with van der Waals surface area (Å²) in [6.45, 7) is 0.563. The molecular formula is C22H24N2O5. The lowest BCUT2D eigenvalue weighted by Crippen LogP contribution is -2.39. The van der Waals surface area contributed by atoms with Gasteiger partial charge >= 0.3 is 5.97 Å². The first-order chi connectivity index (χ1) is 14.1. The molecule has 0 saturated heterocycles. The van der Waals surface area contributed by atoms with Gasteiger partial charge in [0.15, 0.2) is 6.61 Å². The molecule has 0 unspecified atom stereocenters. The van der Waals surface area contributed by atoms with Crippen molar-refractivity contribution >= 4 is 29.2 Å². The van der Waals surface area contributed by atoms with Gasteiger partial charge in [-0.1, -0.05) is 30.3 Å². The van der Waals surface area contributed by atoms with E-state index in [9.17, 15) is 14.4 Å². The number of aryl methyl sites for hydroxylation is 1. The first-order valence-electron chi connectivity index (χ1n) is 9.54. The van der Waals surface area contributed by atoms with Gasteiger partial charge in [-0.05, 0) is 36.6 Å². The summed E-state index contributed by atoms with van der Waals surface area (Å²) in [6.07, 6.45) is 1.72. The molecule has 0 aliphatic carbocycles. The standard InChI is InChI=1S/C22H24N2O5/c1-28-22(27)12-11-20(25)23-17-9-10-19-18(14-17)24(21(26)15-29-19)13-5-8-16-6-3-2-4-7-16/h2-4,6-7,9-10,14H,5,8,11-13,15H2,1H3,(H,23,25). The van der Waals surface area contributed by atoms with Crippen LogP contribution in [0.25, 0.3) is 0 Å². The molecule has 7 nitrogen and oxygen atoms in total. The molecule has 152 valence electrons. The molecule has 0 fully saturated rings. The zero-order chi connectivity index (χ0) is 20.6. The van der Waals surface area contributed by atoms with Crippen LogP contribution in [0.3, 0.4) is 0 Å². The number of fused-ring (bicyclic) bond motifs is 1. The lowest BCUT2D eigenvalue weighted by atomic mass is 10.1. The number of methoxy groups -OCH3 is 1. The van der Waals surface area contributed by atoms with Crippen LogP contribution in [0.2, 0.25) is 0 Å². The number of nitrogens with zero attached hydrogens (tertiary/aromatic N) is 1. The normalized spacial score (nSPS) is 12.7. The number of rotatable bonds is 8. The highest BCUT2D eigenvalue weighted by molar-refractivity contribution is 5.99. The van der Waals surface area contributed by atoms with Crippen molar-refractivity contribution in [2.75, 3.05) is 30.5 Å². The predicted octanol–water partition coefficient (Wildman–Crippen LogP) is 2.94. The van der Waals surface area contributed by atoms with Crippen LogP contribution in [0.4, 0.5) is 11.4 Å². The van der Waals surface area contributed by atoms with Crippen LogP contribution in [0.15, 0.2) is 48.5 Å². The van der Waals surface area contributed by atoms with E-state index in [4.69, 9.17) is 4.74 Å². The molecular weight excluding hydrogens is 372 g/mol. The summed E-state index contributed by atoms with van der Waals surface area (Å²) in [5.74, 6) is -0.236. The Morgan fingerprint density at radius 2 is 1.93 bits per heavy atom. The highest BCUT2D eigenvalue weighted by atomic mass is 16.5. The van der Waals surface area contributed by atoms with E-state index in [0.717, 1.165) is 12.8 Å². The second-order valence-electron chi connectivity index (χ2n) is 6.73. The highest BCUT2D eigenvalue weighted by Crippen LogP contribution is 2.34. The Kier molecular flexibility index (Phi) is 6.84. The molecule has 29 heavy (non-hydrogen) atoms. The molecule has 2 aromatic carbocycles. The summed E-state index contributed by atoms with van der Waals surface area (Å²) in [4.78, 5) is 37.3. The molecule has 0 spiro atoms. The number of anilines is 2. The average molecular weight is 396 g/mol. The molecule has 3 rings (SSSR count). The number of carbonyl (C=O) groups excluding carboxylic acids is 3. The molecule has 1 aliphatic heterocycles. The van der Waals surface area contributed by atoms with Crippen molar-refractivity contribution in [2.45, 2.75) is 25.7 Å². The minimum atomic E-state index is -0.436. The van der Waals surface area contributed by atoms with E-state index in [-0.39, 0.29) is 31.3 Å². The summed E-state index contributed by atoms with van der Waals surface area (Å²) in [7, 11) is 1.28. The Bertz CT molecular complexity index is 882. The van der Waals surface area contributed by atoms with Crippen LogP contribution >= 0.6 is 0 Å². The number of carbonyl (C=O) groups is 3. The molecule has 0 bridgehead atoms. The maximum atomic E-state index is 12.4. The molecule has 2 aromatic rings. The van der Waals surface area contributed by atoms with Gasteiger partial charge in [-0.3, -0.25) is 14.4 Å². The van der Waals surface area contributed by atoms with E-state index in [0.29, 0.717) is 23.7 Å². The molecule has 1 aliphatic rings. The fourth-order valence-electron chi connectivity index (χ4n) is 3.15. The number of esters is 1. The summed E-state index contributed by atoms with van der Waals surface area (Å²) >= 11 is 0. The molecule has 1 N–H and O–H groups in total. The Hall–Kier alpha value is -3.35.